The van der Waals surface area contributed by atoms with Gasteiger partial charge in [0.05, 0.1) is 6.07 Å². The summed E-state index contributed by atoms with van der Waals surface area (Å²) in [5, 5.41) is 9.23. The highest BCUT2D eigenvalue weighted by atomic mass is 15.1. The van der Waals surface area contributed by atoms with Gasteiger partial charge in [0.2, 0.25) is 0 Å². The van der Waals surface area contributed by atoms with Gasteiger partial charge in [-0.15, -0.1) is 0 Å². The summed E-state index contributed by atoms with van der Waals surface area (Å²) in [6.07, 6.45) is 6.90. The molecule has 2 atom stereocenters. The Labute approximate surface area is 111 Å². The maximum Gasteiger partial charge on any atom is 0.107 e. The molecule has 2 N–H and O–H groups in total. The summed E-state index contributed by atoms with van der Waals surface area (Å²) in [5.41, 5.74) is 6.12. The lowest BCUT2D eigenvalue weighted by molar-refractivity contribution is 0.109. The van der Waals surface area contributed by atoms with Crippen LogP contribution >= 0.6 is 0 Å². The van der Waals surface area contributed by atoms with Crippen LogP contribution in [0.5, 0.6) is 0 Å². The Morgan fingerprint density at radius 2 is 2.11 bits per heavy atom. The minimum absolute atomic E-state index is 0.410. The predicted molar refractivity (Wildman–Crippen MR) is 73.9 cm³/mol. The van der Waals surface area contributed by atoms with Crippen molar-refractivity contribution in [1.82, 2.24) is 4.90 Å². The molecule has 0 aromatic rings. The van der Waals surface area contributed by atoms with Gasteiger partial charge in [0.25, 0.3) is 0 Å². The lowest BCUT2D eigenvalue weighted by Crippen LogP contribution is -2.45. The van der Waals surface area contributed by atoms with E-state index >= 15 is 0 Å². The lowest BCUT2D eigenvalue weighted by Gasteiger charge is -2.39. The summed E-state index contributed by atoms with van der Waals surface area (Å²) in [6.45, 7) is 8.26. The topological polar surface area (TPSA) is 53.0 Å². The summed E-state index contributed by atoms with van der Waals surface area (Å²) in [6, 6.07) is 2.35. The SMILES string of the molecule is CC1(C)CCCN(CCC2CCCC2(N)C#N)C1. The van der Waals surface area contributed by atoms with Gasteiger partial charge in [-0.3, -0.25) is 0 Å². The molecule has 3 heteroatoms. The molecule has 0 aromatic heterocycles. The molecule has 3 nitrogen and oxygen atoms in total. The summed E-state index contributed by atoms with van der Waals surface area (Å²) < 4.78 is 0. The zero-order chi connectivity index (χ0) is 13.2. The number of piperidine rings is 1. The lowest BCUT2D eigenvalue weighted by atomic mass is 9.83. The first-order valence-electron chi connectivity index (χ1n) is 7.38. The quantitative estimate of drug-likeness (QED) is 0.836. The Balaban J connectivity index is 1.83. The largest absolute Gasteiger partial charge is 0.313 e. The second-order valence-electron chi connectivity index (χ2n) is 7.07. The molecule has 1 aliphatic heterocycles. The Kier molecular flexibility index (Phi) is 3.99. The number of rotatable bonds is 3. The number of likely N-dealkylation sites (tertiary alicyclic amines) is 1. The van der Waals surface area contributed by atoms with E-state index in [0.717, 1.165) is 32.2 Å². The Morgan fingerprint density at radius 3 is 2.78 bits per heavy atom. The van der Waals surface area contributed by atoms with Crippen LogP contribution in [0, 0.1) is 22.7 Å². The van der Waals surface area contributed by atoms with Crippen molar-refractivity contribution in [1.29, 1.82) is 5.26 Å². The van der Waals surface area contributed by atoms with E-state index in [1.807, 2.05) is 0 Å². The average molecular weight is 249 g/mol. The minimum atomic E-state index is -0.536. The molecule has 1 saturated heterocycles. The van der Waals surface area contributed by atoms with Gasteiger partial charge < -0.3 is 10.6 Å². The standard InChI is InChI=1S/C15H27N3/c1-14(2)7-4-9-18(12-14)10-6-13-5-3-8-15(13,17)11-16/h13H,3-10,12,17H2,1-2H3. The van der Waals surface area contributed by atoms with Crippen LogP contribution in [0.25, 0.3) is 0 Å². The van der Waals surface area contributed by atoms with Gasteiger partial charge in [0, 0.05) is 6.54 Å². The fourth-order valence-corrected chi connectivity index (χ4v) is 3.73. The zero-order valence-electron chi connectivity index (χ0n) is 11.9. The Bertz CT molecular complexity index is 331. The molecular formula is C15H27N3. The fraction of sp³-hybridized carbons (Fsp3) is 0.933. The molecule has 1 aliphatic carbocycles. The second-order valence-corrected chi connectivity index (χ2v) is 7.07. The number of hydrogen-bond donors (Lipinski definition) is 1. The first-order valence-corrected chi connectivity index (χ1v) is 7.38. The van der Waals surface area contributed by atoms with Crippen molar-refractivity contribution in [3.63, 3.8) is 0 Å². The van der Waals surface area contributed by atoms with E-state index in [4.69, 9.17) is 5.73 Å². The van der Waals surface area contributed by atoms with Gasteiger partial charge in [0.1, 0.15) is 5.54 Å². The number of hydrogen-bond acceptors (Lipinski definition) is 3. The van der Waals surface area contributed by atoms with Crippen LogP contribution in [0.2, 0.25) is 0 Å². The summed E-state index contributed by atoms with van der Waals surface area (Å²) in [5.74, 6) is 0.410. The van der Waals surface area contributed by atoms with Gasteiger partial charge in [-0.2, -0.15) is 5.26 Å². The first-order chi connectivity index (χ1) is 8.45. The third-order valence-corrected chi connectivity index (χ3v) is 4.85. The maximum absolute atomic E-state index is 9.23. The molecule has 2 unspecified atom stereocenters. The van der Waals surface area contributed by atoms with Crippen LogP contribution in [0.1, 0.15) is 52.4 Å². The molecule has 0 spiro atoms. The van der Waals surface area contributed by atoms with Gasteiger partial charge in [0.15, 0.2) is 0 Å². The van der Waals surface area contributed by atoms with Crippen molar-refractivity contribution in [3.8, 4) is 6.07 Å². The summed E-state index contributed by atoms with van der Waals surface area (Å²) in [7, 11) is 0. The van der Waals surface area contributed by atoms with E-state index < -0.39 is 5.54 Å². The molecule has 1 saturated carbocycles. The van der Waals surface area contributed by atoms with E-state index in [0.29, 0.717) is 11.3 Å². The molecule has 1 heterocycles. The highest BCUT2D eigenvalue weighted by Gasteiger charge is 2.39. The number of nitriles is 1. The normalized spacial score (nSPS) is 36.4. The fourth-order valence-electron chi connectivity index (χ4n) is 3.73. The second kappa shape index (κ2) is 5.19. The third kappa shape index (κ3) is 3.05. The molecule has 0 bridgehead atoms. The van der Waals surface area contributed by atoms with Gasteiger partial charge in [-0.25, -0.2) is 0 Å². The van der Waals surface area contributed by atoms with E-state index in [1.165, 1.54) is 25.9 Å². The third-order valence-electron chi connectivity index (χ3n) is 4.85. The maximum atomic E-state index is 9.23. The predicted octanol–water partition coefficient (Wildman–Crippen LogP) is 2.52. The van der Waals surface area contributed by atoms with Crippen LogP contribution in [0.4, 0.5) is 0 Å². The molecule has 2 rings (SSSR count). The van der Waals surface area contributed by atoms with Crippen molar-refractivity contribution < 1.29 is 0 Å². The summed E-state index contributed by atoms with van der Waals surface area (Å²) in [4.78, 5) is 2.57. The van der Waals surface area contributed by atoms with Crippen LogP contribution in [0.15, 0.2) is 0 Å². The molecule has 0 aromatic carbocycles. The van der Waals surface area contributed by atoms with Crippen molar-refractivity contribution in [2.24, 2.45) is 17.1 Å². The average Bonchev–Trinajstić information content (AvgIpc) is 2.68. The smallest absolute Gasteiger partial charge is 0.107 e. The van der Waals surface area contributed by atoms with Gasteiger partial charge in [-0.1, -0.05) is 20.3 Å². The van der Waals surface area contributed by atoms with Crippen LogP contribution in [-0.2, 0) is 0 Å². The van der Waals surface area contributed by atoms with Gasteiger partial charge >= 0.3 is 0 Å². The van der Waals surface area contributed by atoms with E-state index in [1.54, 1.807) is 0 Å². The first kappa shape index (κ1) is 13.8. The molecular weight excluding hydrogens is 222 g/mol. The molecule has 2 aliphatic rings. The van der Waals surface area contributed by atoms with Crippen LogP contribution < -0.4 is 5.73 Å². The van der Waals surface area contributed by atoms with E-state index in [9.17, 15) is 5.26 Å². The number of nitrogens with two attached hydrogens (primary N) is 1. The molecule has 0 radical (unpaired) electrons. The van der Waals surface area contributed by atoms with E-state index in [-0.39, 0.29) is 0 Å². The molecule has 0 amide bonds. The van der Waals surface area contributed by atoms with Crippen molar-refractivity contribution in [3.05, 3.63) is 0 Å². The minimum Gasteiger partial charge on any atom is -0.313 e. The highest BCUT2D eigenvalue weighted by molar-refractivity contribution is 5.12. The zero-order valence-corrected chi connectivity index (χ0v) is 11.9. The summed E-state index contributed by atoms with van der Waals surface area (Å²) >= 11 is 0. The Morgan fingerprint density at radius 1 is 1.33 bits per heavy atom. The van der Waals surface area contributed by atoms with Crippen LogP contribution in [0.3, 0.4) is 0 Å². The highest BCUT2D eigenvalue weighted by Crippen LogP contribution is 2.36. The van der Waals surface area contributed by atoms with Crippen molar-refractivity contribution in [2.45, 2.75) is 57.9 Å². The molecule has 2 fully saturated rings. The molecule has 102 valence electrons. The monoisotopic (exact) mass is 249 g/mol. The van der Waals surface area contributed by atoms with Gasteiger partial charge in [-0.05, 0) is 56.5 Å². The van der Waals surface area contributed by atoms with Crippen molar-refractivity contribution in [2.75, 3.05) is 19.6 Å². The molecule has 18 heavy (non-hydrogen) atoms. The van der Waals surface area contributed by atoms with Crippen LogP contribution in [-0.4, -0.2) is 30.1 Å². The van der Waals surface area contributed by atoms with E-state index in [2.05, 4.69) is 24.8 Å². The Hall–Kier alpha value is -0.590. The van der Waals surface area contributed by atoms with Crippen molar-refractivity contribution >= 4 is 0 Å². The number of nitrogens with zero attached hydrogens (tertiary/aromatic N) is 2.